The normalized spacial score (nSPS) is 13.4. The van der Waals surface area contributed by atoms with Crippen LogP contribution in [0.5, 0.6) is 0 Å². The van der Waals surface area contributed by atoms with Gasteiger partial charge in [-0.2, -0.15) is 4.98 Å². The van der Waals surface area contributed by atoms with E-state index in [-0.39, 0.29) is 11.6 Å². The predicted molar refractivity (Wildman–Crippen MR) is 92.9 cm³/mol. The van der Waals surface area contributed by atoms with Crippen LogP contribution in [0.1, 0.15) is 11.1 Å². The van der Waals surface area contributed by atoms with Gasteiger partial charge in [-0.25, -0.2) is 13.8 Å². The standard InChI is InChI=1S/C19H16F2N4/c20-15-5-6-17(16(21)11-15)23-19-22-9-7-18(24-19)25-10-8-13-3-1-2-4-14(13)12-25/h1-7,9,11H,8,10,12H2,(H,22,23,24). The number of fused-ring (bicyclic) bond motifs is 1. The number of nitrogens with zero attached hydrogens (tertiary/aromatic N) is 3. The Morgan fingerprint density at radius 3 is 2.68 bits per heavy atom. The molecular formula is C19H16F2N4. The summed E-state index contributed by atoms with van der Waals surface area (Å²) in [6.45, 7) is 1.63. The maximum atomic E-state index is 13.8. The lowest BCUT2D eigenvalue weighted by Crippen LogP contribution is -2.31. The second kappa shape index (κ2) is 6.47. The summed E-state index contributed by atoms with van der Waals surface area (Å²) < 4.78 is 26.8. The molecule has 3 aromatic rings. The number of halogens is 2. The van der Waals surface area contributed by atoms with Crippen LogP contribution in [0.3, 0.4) is 0 Å². The number of rotatable bonds is 3. The van der Waals surface area contributed by atoms with E-state index in [2.05, 4.69) is 38.4 Å². The maximum Gasteiger partial charge on any atom is 0.229 e. The lowest BCUT2D eigenvalue weighted by molar-refractivity contribution is 0.586. The summed E-state index contributed by atoms with van der Waals surface area (Å²) in [5, 5.41) is 2.81. The predicted octanol–water partition coefficient (Wildman–Crippen LogP) is 4.06. The molecule has 2 aromatic carbocycles. The third kappa shape index (κ3) is 3.28. The summed E-state index contributed by atoms with van der Waals surface area (Å²) in [4.78, 5) is 10.8. The zero-order valence-corrected chi connectivity index (χ0v) is 13.4. The summed E-state index contributed by atoms with van der Waals surface area (Å²) in [5.41, 5.74) is 2.79. The van der Waals surface area contributed by atoms with Crippen molar-refractivity contribution in [2.45, 2.75) is 13.0 Å². The van der Waals surface area contributed by atoms with Gasteiger partial charge >= 0.3 is 0 Å². The van der Waals surface area contributed by atoms with E-state index < -0.39 is 11.6 Å². The van der Waals surface area contributed by atoms with Crippen LogP contribution in [0.15, 0.2) is 54.7 Å². The van der Waals surface area contributed by atoms with Crippen molar-refractivity contribution < 1.29 is 8.78 Å². The fraction of sp³-hybridized carbons (Fsp3) is 0.158. The molecule has 0 saturated heterocycles. The van der Waals surface area contributed by atoms with Crippen molar-refractivity contribution in [1.82, 2.24) is 9.97 Å². The fourth-order valence-corrected chi connectivity index (χ4v) is 2.99. The highest BCUT2D eigenvalue weighted by molar-refractivity contribution is 5.56. The molecule has 0 unspecified atom stereocenters. The summed E-state index contributed by atoms with van der Waals surface area (Å²) in [6.07, 6.45) is 2.59. The second-order valence-corrected chi connectivity index (χ2v) is 5.93. The van der Waals surface area contributed by atoms with E-state index in [1.165, 1.54) is 23.3 Å². The molecule has 0 aliphatic carbocycles. The molecule has 126 valence electrons. The molecule has 1 N–H and O–H groups in total. The zero-order valence-electron chi connectivity index (χ0n) is 13.4. The van der Waals surface area contributed by atoms with Crippen molar-refractivity contribution in [1.29, 1.82) is 0 Å². The van der Waals surface area contributed by atoms with E-state index in [4.69, 9.17) is 0 Å². The van der Waals surface area contributed by atoms with Gasteiger partial charge < -0.3 is 10.2 Å². The molecule has 2 heterocycles. The lowest BCUT2D eigenvalue weighted by atomic mass is 10.00. The number of anilines is 3. The minimum Gasteiger partial charge on any atom is -0.352 e. The average molecular weight is 338 g/mol. The summed E-state index contributed by atoms with van der Waals surface area (Å²) in [5.74, 6) is -0.248. The summed E-state index contributed by atoms with van der Waals surface area (Å²) in [7, 11) is 0. The minimum atomic E-state index is -0.680. The first-order chi connectivity index (χ1) is 12.2. The van der Waals surface area contributed by atoms with Gasteiger partial charge in [0.25, 0.3) is 0 Å². The van der Waals surface area contributed by atoms with Crippen LogP contribution in [0.4, 0.5) is 26.2 Å². The molecule has 1 aromatic heterocycles. The van der Waals surface area contributed by atoms with E-state index in [0.29, 0.717) is 0 Å². The van der Waals surface area contributed by atoms with Crippen LogP contribution in [0, 0.1) is 11.6 Å². The molecule has 0 spiro atoms. The molecule has 6 heteroatoms. The van der Waals surface area contributed by atoms with Gasteiger partial charge in [-0.1, -0.05) is 24.3 Å². The topological polar surface area (TPSA) is 41.1 Å². The highest BCUT2D eigenvalue weighted by atomic mass is 19.1. The van der Waals surface area contributed by atoms with Gasteiger partial charge in [-0.15, -0.1) is 0 Å². The molecule has 0 saturated carbocycles. The van der Waals surface area contributed by atoms with Crippen molar-refractivity contribution in [3.8, 4) is 0 Å². The number of benzene rings is 2. The zero-order chi connectivity index (χ0) is 17.2. The Balaban J connectivity index is 1.56. The fourth-order valence-electron chi connectivity index (χ4n) is 2.99. The van der Waals surface area contributed by atoms with Crippen molar-refractivity contribution >= 4 is 17.5 Å². The highest BCUT2D eigenvalue weighted by Gasteiger charge is 2.17. The molecule has 0 amide bonds. The average Bonchev–Trinajstić information content (AvgIpc) is 2.64. The van der Waals surface area contributed by atoms with Gasteiger partial charge in [0.2, 0.25) is 5.95 Å². The van der Waals surface area contributed by atoms with Gasteiger partial charge in [-0.3, -0.25) is 0 Å². The van der Waals surface area contributed by atoms with Crippen molar-refractivity contribution in [2.24, 2.45) is 0 Å². The Morgan fingerprint density at radius 1 is 1.00 bits per heavy atom. The van der Waals surface area contributed by atoms with Crippen LogP contribution >= 0.6 is 0 Å². The van der Waals surface area contributed by atoms with Crippen LogP contribution < -0.4 is 10.2 Å². The highest BCUT2D eigenvalue weighted by Crippen LogP contribution is 2.24. The lowest BCUT2D eigenvalue weighted by Gasteiger charge is -2.29. The molecule has 1 aliphatic heterocycles. The summed E-state index contributed by atoms with van der Waals surface area (Å²) >= 11 is 0. The van der Waals surface area contributed by atoms with E-state index in [1.54, 1.807) is 6.20 Å². The maximum absolute atomic E-state index is 13.8. The van der Waals surface area contributed by atoms with Gasteiger partial charge in [-0.05, 0) is 35.7 Å². The Kier molecular flexibility index (Phi) is 4.01. The Labute approximate surface area is 144 Å². The molecule has 1 aliphatic rings. The largest absolute Gasteiger partial charge is 0.352 e. The molecule has 0 fully saturated rings. The number of hydrogen-bond acceptors (Lipinski definition) is 4. The molecule has 4 rings (SSSR count). The van der Waals surface area contributed by atoms with E-state index >= 15 is 0 Å². The van der Waals surface area contributed by atoms with Gasteiger partial charge in [0.1, 0.15) is 17.5 Å². The smallest absolute Gasteiger partial charge is 0.229 e. The first kappa shape index (κ1) is 15.5. The quantitative estimate of drug-likeness (QED) is 0.782. The molecular weight excluding hydrogens is 322 g/mol. The Morgan fingerprint density at radius 2 is 1.84 bits per heavy atom. The van der Waals surface area contributed by atoms with Crippen LogP contribution in [0.2, 0.25) is 0 Å². The van der Waals surface area contributed by atoms with E-state index in [0.717, 1.165) is 31.4 Å². The van der Waals surface area contributed by atoms with Crippen LogP contribution in [-0.2, 0) is 13.0 Å². The molecule has 0 radical (unpaired) electrons. The number of nitrogens with one attached hydrogen (secondary N) is 1. The number of hydrogen-bond donors (Lipinski definition) is 1. The minimum absolute atomic E-state index is 0.141. The third-order valence-electron chi connectivity index (χ3n) is 4.27. The van der Waals surface area contributed by atoms with Gasteiger partial charge in [0.05, 0.1) is 5.69 Å². The van der Waals surface area contributed by atoms with E-state index in [1.807, 2.05) is 12.1 Å². The molecule has 0 bridgehead atoms. The van der Waals surface area contributed by atoms with Crippen molar-refractivity contribution in [3.63, 3.8) is 0 Å². The molecule has 25 heavy (non-hydrogen) atoms. The van der Waals surface area contributed by atoms with Gasteiger partial charge in [0, 0.05) is 25.4 Å². The first-order valence-corrected chi connectivity index (χ1v) is 8.06. The molecule has 0 atom stereocenters. The SMILES string of the molecule is Fc1ccc(Nc2nccc(N3CCc4ccccc4C3)n2)c(F)c1. The summed E-state index contributed by atoms with van der Waals surface area (Å²) in [6, 6.07) is 13.5. The first-order valence-electron chi connectivity index (χ1n) is 8.06. The van der Waals surface area contributed by atoms with Crippen molar-refractivity contribution in [3.05, 3.63) is 77.5 Å². The van der Waals surface area contributed by atoms with Gasteiger partial charge in [0.15, 0.2) is 0 Å². The molecule has 4 nitrogen and oxygen atoms in total. The Bertz CT molecular complexity index is 913. The Hall–Kier alpha value is -3.02. The second-order valence-electron chi connectivity index (χ2n) is 5.93. The van der Waals surface area contributed by atoms with Crippen LogP contribution in [-0.4, -0.2) is 16.5 Å². The third-order valence-corrected chi connectivity index (χ3v) is 4.27. The van der Waals surface area contributed by atoms with Crippen molar-refractivity contribution in [2.75, 3.05) is 16.8 Å². The van der Waals surface area contributed by atoms with Crippen LogP contribution in [0.25, 0.3) is 0 Å². The monoisotopic (exact) mass is 338 g/mol. The number of aromatic nitrogens is 2. The van der Waals surface area contributed by atoms with E-state index in [9.17, 15) is 8.78 Å².